The third-order valence-electron chi connectivity index (χ3n) is 1.03. The largest absolute Gasteiger partial charge is 0.300 e. The molecule has 0 unspecified atom stereocenters. The molecule has 0 spiro atoms. The van der Waals surface area contributed by atoms with Crippen LogP contribution >= 0.6 is 11.9 Å². The van der Waals surface area contributed by atoms with Gasteiger partial charge in [-0.3, -0.25) is 15.0 Å². The van der Waals surface area contributed by atoms with Crippen molar-refractivity contribution in [1.82, 2.24) is 10.1 Å². The minimum absolute atomic E-state index is 0.0803. The lowest BCUT2D eigenvalue weighted by Crippen LogP contribution is -2.29. The predicted octanol–water partition coefficient (Wildman–Crippen LogP) is -0.459. The van der Waals surface area contributed by atoms with Crippen LogP contribution < -0.4 is 16.0 Å². The van der Waals surface area contributed by atoms with Crippen molar-refractivity contribution in [3.05, 3.63) is 0 Å². The van der Waals surface area contributed by atoms with Crippen LogP contribution in [0.4, 0.5) is 0 Å². The van der Waals surface area contributed by atoms with Crippen LogP contribution in [0, 0.1) is 0 Å². The van der Waals surface area contributed by atoms with Gasteiger partial charge >= 0.3 is 0 Å². The van der Waals surface area contributed by atoms with Crippen LogP contribution in [-0.4, -0.2) is 17.6 Å². The average Bonchev–Trinajstić information content (AvgIpc) is 2.03. The fourth-order valence-corrected chi connectivity index (χ4v) is 1.12. The van der Waals surface area contributed by atoms with E-state index in [1.54, 1.807) is 0 Å². The second-order valence-electron chi connectivity index (χ2n) is 2.18. The van der Waals surface area contributed by atoms with Crippen LogP contribution in [0.1, 0.15) is 19.8 Å². The van der Waals surface area contributed by atoms with E-state index in [1.165, 1.54) is 18.9 Å². The second kappa shape index (κ2) is 6.93. The van der Waals surface area contributed by atoms with Crippen molar-refractivity contribution >= 4 is 23.8 Å². The van der Waals surface area contributed by atoms with E-state index in [1.807, 2.05) is 5.43 Å². The molecule has 5 nitrogen and oxygen atoms in total. The maximum absolute atomic E-state index is 10.6. The summed E-state index contributed by atoms with van der Waals surface area (Å²) in [7, 11) is 0. The highest BCUT2D eigenvalue weighted by molar-refractivity contribution is 7.97. The summed E-state index contributed by atoms with van der Waals surface area (Å²) in [4.78, 5) is 20.9. The number of carbonyl (C=O) groups excluding carboxylic acids is 2. The van der Waals surface area contributed by atoms with Crippen molar-refractivity contribution in [2.75, 3.05) is 5.75 Å². The van der Waals surface area contributed by atoms with Crippen LogP contribution in [-0.2, 0) is 9.59 Å². The number of amides is 2. The molecule has 0 saturated carbocycles. The van der Waals surface area contributed by atoms with Crippen molar-refractivity contribution in [3.8, 4) is 0 Å². The Hall–Kier alpha value is -0.750. The first kappa shape index (κ1) is 11.2. The molecule has 0 fully saturated rings. The van der Waals surface area contributed by atoms with Gasteiger partial charge in [-0.15, -0.1) is 0 Å². The number of hydrazine groups is 1. The van der Waals surface area contributed by atoms with Crippen LogP contribution in [0.3, 0.4) is 0 Å². The quantitative estimate of drug-likeness (QED) is 0.180. The molecule has 0 atom stereocenters. The molecular formula is C6H13N3O2S. The van der Waals surface area contributed by atoms with Gasteiger partial charge in [0.1, 0.15) is 0 Å². The highest BCUT2D eigenvalue weighted by Gasteiger charge is 1.97. The summed E-state index contributed by atoms with van der Waals surface area (Å²) >= 11 is 1.29. The van der Waals surface area contributed by atoms with E-state index >= 15 is 0 Å². The maximum Gasteiger partial charge on any atom is 0.233 e. The number of hydrogen-bond donors (Lipinski definition) is 3. The Morgan fingerprint density at radius 3 is 2.67 bits per heavy atom. The van der Waals surface area contributed by atoms with Gasteiger partial charge in [0.25, 0.3) is 0 Å². The molecule has 6 heteroatoms. The molecule has 0 aliphatic heterocycles. The van der Waals surface area contributed by atoms with Gasteiger partial charge in [-0.25, -0.2) is 5.84 Å². The van der Waals surface area contributed by atoms with Gasteiger partial charge < -0.3 is 4.72 Å². The molecule has 0 heterocycles. The Labute approximate surface area is 75.6 Å². The standard InChI is InChI=1S/C6H13N3O2S/c1-5(10)9-12-4-2-3-6(11)8-7/h2-4,7H2,1H3,(H,8,11)(H,9,10). The molecule has 4 N–H and O–H groups in total. The van der Waals surface area contributed by atoms with Gasteiger partial charge in [-0.1, -0.05) is 11.9 Å². The first-order valence-electron chi connectivity index (χ1n) is 3.54. The lowest BCUT2D eigenvalue weighted by atomic mass is 10.3. The zero-order valence-corrected chi connectivity index (χ0v) is 7.74. The number of hydrogen-bond acceptors (Lipinski definition) is 4. The summed E-state index contributed by atoms with van der Waals surface area (Å²) in [5.41, 5.74) is 2.03. The summed E-state index contributed by atoms with van der Waals surface area (Å²) < 4.78 is 2.55. The minimum atomic E-state index is -0.182. The Morgan fingerprint density at radius 2 is 2.17 bits per heavy atom. The Bertz CT molecular complexity index is 163. The zero-order valence-electron chi connectivity index (χ0n) is 6.92. The van der Waals surface area contributed by atoms with Gasteiger partial charge in [-0.05, 0) is 6.42 Å². The SMILES string of the molecule is CC(=O)NSCCCC(=O)NN. The Morgan fingerprint density at radius 1 is 1.50 bits per heavy atom. The lowest BCUT2D eigenvalue weighted by molar-refractivity contribution is -0.121. The number of rotatable bonds is 5. The van der Waals surface area contributed by atoms with Gasteiger partial charge in [0.15, 0.2) is 0 Å². The van der Waals surface area contributed by atoms with Gasteiger partial charge in [-0.2, -0.15) is 0 Å². The van der Waals surface area contributed by atoms with E-state index < -0.39 is 0 Å². The highest BCUT2D eigenvalue weighted by atomic mass is 32.2. The van der Waals surface area contributed by atoms with Crippen molar-refractivity contribution in [1.29, 1.82) is 0 Å². The topological polar surface area (TPSA) is 84.2 Å². The molecule has 0 saturated heterocycles. The Balaban J connectivity index is 3.11. The van der Waals surface area contributed by atoms with Crippen LogP contribution in [0.15, 0.2) is 0 Å². The van der Waals surface area contributed by atoms with Gasteiger partial charge in [0, 0.05) is 19.1 Å². The Kier molecular flexibility index (Phi) is 6.50. The van der Waals surface area contributed by atoms with E-state index in [2.05, 4.69) is 4.72 Å². The molecule has 0 rings (SSSR count). The van der Waals surface area contributed by atoms with Crippen molar-refractivity contribution < 1.29 is 9.59 Å². The van der Waals surface area contributed by atoms with Crippen molar-refractivity contribution in [3.63, 3.8) is 0 Å². The fraction of sp³-hybridized carbons (Fsp3) is 0.667. The van der Waals surface area contributed by atoms with E-state index in [-0.39, 0.29) is 11.8 Å². The zero-order chi connectivity index (χ0) is 9.40. The second-order valence-corrected chi connectivity index (χ2v) is 3.08. The van der Waals surface area contributed by atoms with Crippen molar-refractivity contribution in [2.45, 2.75) is 19.8 Å². The van der Waals surface area contributed by atoms with E-state index in [0.717, 1.165) is 0 Å². The summed E-state index contributed by atoms with van der Waals surface area (Å²) in [5, 5.41) is 0. The third-order valence-corrected chi connectivity index (χ3v) is 1.95. The first-order valence-corrected chi connectivity index (χ1v) is 4.53. The van der Waals surface area contributed by atoms with E-state index in [0.29, 0.717) is 18.6 Å². The highest BCUT2D eigenvalue weighted by Crippen LogP contribution is 1.99. The van der Waals surface area contributed by atoms with Crippen LogP contribution in [0.2, 0.25) is 0 Å². The minimum Gasteiger partial charge on any atom is -0.300 e. The first-order chi connectivity index (χ1) is 5.66. The smallest absolute Gasteiger partial charge is 0.233 e. The third kappa shape index (κ3) is 7.36. The summed E-state index contributed by atoms with van der Waals surface area (Å²) in [6, 6.07) is 0. The molecule has 0 aromatic heterocycles. The molecule has 0 aromatic carbocycles. The molecule has 0 aliphatic carbocycles. The molecule has 0 aromatic rings. The number of nitrogens with two attached hydrogens (primary N) is 1. The number of carbonyl (C=O) groups is 2. The van der Waals surface area contributed by atoms with Gasteiger partial charge in [0.2, 0.25) is 11.8 Å². The maximum atomic E-state index is 10.6. The lowest BCUT2D eigenvalue weighted by Gasteiger charge is -2.00. The molecule has 0 aliphatic rings. The van der Waals surface area contributed by atoms with Crippen molar-refractivity contribution in [2.24, 2.45) is 5.84 Å². The number of nitrogens with one attached hydrogen (secondary N) is 2. The van der Waals surface area contributed by atoms with E-state index in [9.17, 15) is 9.59 Å². The summed E-state index contributed by atoms with van der Waals surface area (Å²) in [6.45, 7) is 1.44. The molecule has 0 bridgehead atoms. The average molecular weight is 191 g/mol. The normalized spacial score (nSPS) is 9.17. The molecular weight excluding hydrogens is 178 g/mol. The monoisotopic (exact) mass is 191 g/mol. The summed E-state index contributed by atoms with van der Waals surface area (Å²) in [5.74, 6) is 5.31. The van der Waals surface area contributed by atoms with Crippen LogP contribution in [0.25, 0.3) is 0 Å². The molecule has 2 amide bonds. The molecule has 0 radical (unpaired) electrons. The van der Waals surface area contributed by atoms with E-state index in [4.69, 9.17) is 5.84 Å². The van der Waals surface area contributed by atoms with Crippen LogP contribution in [0.5, 0.6) is 0 Å². The summed E-state index contributed by atoms with van der Waals surface area (Å²) in [6.07, 6.45) is 1.09. The molecule has 12 heavy (non-hydrogen) atoms. The fourth-order valence-electron chi connectivity index (χ4n) is 0.530. The van der Waals surface area contributed by atoms with Gasteiger partial charge in [0.05, 0.1) is 0 Å². The molecule has 70 valence electrons. The predicted molar refractivity (Wildman–Crippen MR) is 47.8 cm³/mol.